The molecule has 2 aromatic rings. The van der Waals surface area contributed by atoms with Gasteiger partial charge >= 0.3 is 0 Å². The number of ether oxygens (including phenoxy) is 2. The number of hydrogen-bond acceptors (Lipinski definition) is 4. The molecular formula is C19H26N2O2. The van der Waals surface area contributed by atoms with Crippen LogP contribution in [0.15, 0.2) is 48.5 Å². The van der Waals surface area contributed by atoms with Crippen LogP contribution in [0, 0.1) is 0 Å². The summed E-state index contributed by atoms with van der Waals surface area (Å²) in [6.45, 7) is 3.23. The Labute approximate surface area is 139 Å². The number of rotatable bonds is 9. The Kier molecular flexibility index (Phi) is 6.91. The van der Waals surface area contributed by atoms with E-state index in [1.807, 2.05) is 30.3 Å². The van der Waals surface area contributed by atoms with Crippen molar-refractivity contribution in [2.75, 3.05) is 34.3 Å². The number of benzene rings is 2. The van der Waals surface area contributed by atoms with Crippen molar-refractivity contribution in [2.24, 2.45) is 0 Å². The first-order chi connectivity index (χ1) is 11.2. The summed E-state index contributed by atoms with van der Waals surface area (Å²) in [5.74, 6) is 1.59. The van der Waals surface area contributed by atoms with Crippen LogP contribution >= 0.6 is 0 Å². The zero-order valence-corrected chi connectivity index (χ0v) is 14.2. The van der Waals surface area contributed by atoms with Crippen LogP contribution in [0.4, 0.5) is 0 Å². The molecule has 0 bridgehead atoms. The SMILES string of the molecule is COc1cccc(CNCCN(C)C)c1OCc1ccccc1. The van der Waals surface area contributed by atoms with Crippen molar-refractivity contribution in [3.05, 3.63) is 59.7 Å². The van der Waals surface area contributed by atoms with Gasteiger partial charge in [-0.25, -0.2) is 0 Å². The van der Waals surface area contributed by atoms with Gasteiger partial charge < -0.3 is 19.7 Å². The first-order valence-corrected chi connectivity index (χ1v) is 7.88. The van der Waals surface area contributed by atoms with E-state index in [0.29, 0.717) is 6.61 Å². The molecular weight excluding hydrogens is 288 g/mol. The molecule has 2 aromatic carbocycles. The number of nitrogens with zero attached hydrogens (tertiary/aromatic N) is 1. The number of methoxy groups -OCH3 is 1. The standard InChI is InChI=1S/C19H26N2O2/c1-21(2)13-12-20-14-17-10-7-11-18(22-3)19(17)23-15-16-8-5-4-6-9-16/h4-11,20H,12-15H2,1-3H3. The Morgan fingerprint density at radius 3 is 2.48 bits per heavy atom. The Balaban J connectivity index is 2.03. The van der Waals surface area contributed by atoms with E-state index >= 15 is 0 Å². The maximum atomic E-state index is 6.05. The molecule has 2 rings (SSSR count). The normalized spacial score (nSPS) is 10.8. The molecule has 0 aliphatic carbocycles. The molecule has 0 unspecified atom stereocenters. The van der Waals surface area contributed by atoms with Crippen molar-refractivity contribution in [1.82, 2.24) is 10.2 Å². The molecule has 0 atom stereocenters. The zero-order valence-electron chi connectivity index (χ0n) is 14.2. The molecule has 4 nitrogen and oxygen atoms in total. The van der Waals surface area contributed by atoms with Crippen LogP contribution in [0.1, 0.15) is 11.1 Å². The van der Waals surface area contributed by atoms with Gasteiger partial charge in [0.05, 0.1) is 7.11 Å². The summed E-state index contributed by atoms with van der Waals surface area (Å²) < 4.78 is 11.5. The van der Waals surface area contributed by atoms with Crippen LogP contribution < -0.4 is 14.8 Å². The minimum absolute atomic E-state index is 0.534. The third-order valence-corrected chi connectivity index (χ3v) is 3.56. The molecule has 23 heavy (non-hydrogen) atoms. The lowest BCUT2D eigenvalue weighted by Crippen LogP contribution is -2.26. The van der Waals surface area contributed by atoms with Gasteiger partial charge in [0.25, 0.3) is 0 Å². The van der Waals surface area contributed by atoms with Crippen LogP contribution in [-0.2, 0) is 13.2 Å². The van der Waals surface area contributed by atoms with Crippen molar-refractivity contribution in [3.8, 4) is 11.5 Å². The fourth-order valence-corrected chi connectivity index (χ4v) is 2.28. The average Bonchev–Trinajstić information content (AvgIpc) is 2.57. The first-order valence-electron chi connectivity index (χ1n) is 7.88. The molecule has 0 amide bonds. The third kappa shape index (κ3) is 5.58. The second-order valence-electron chi connectivity index (χ2n) is 5.70. The van der Waals surface area contributed by atoms with Gasteiger partial charge in [0.1, 0.15) is 6.61 Å². The van der Waals surface area contributed by atoms with Gasteiger partial charge in [-0.2, -0.15) is 0 Å². The fraction of sp³-hybridized carbons (Fsp3) is 0.368. The zero-order chi connectivity index (χ0) is 16.5. The van der Waals surface area contributed by atoms with E-state index < -0.39 is 0 Å². The molecule has 0 heterocycles. The van der Waals surface area contributed by atoms with Crippen LogP contribution in [0.3, 0.4) is 0 Å². The summed E-state index contributed by atoms with van der Waals surface area (Å²) in [5, 5.41) is 3.45. The van der Waals surface area contributed by atoms with Crippen molar-refractivity contribution < 1.29 is 9.47 Å². The van der Waals surface area contributed by atoms with Gasteiger partial charge in [-0.05, 0) is 25.7 Å². The summed E-state index contributed by atoms with van der Waals surface area (Å²) in [6, 6.07) is 16.2. The lowest BCUT2D eigenvalue weighted by molar-refractivity contribution is 0.280. The van der Waals surface area contributed by atoms with E-state index in [1.54, 1.807) is 7.11 Å². The second-order valence-corrected chi connectivity index (χ2v) is 5.70. The van der Waals surface area contributed by atoms with Crippen molar-refractivity contribution in [2.45, 2.75) is 13.2 Å². The quantitative estimate of drug-likeness (QED) is 0.722. The Morgan fingerprint density at radius 1 is 1.00 bits per heavy atom. The molecule has 0 aliphatic heterocycles. The lowest BCUT2D eigenvalue weighted by Gasteiger charge is -2.16. The molecule has 0 spiro atoms. The molecule has 4 heteroatoms. The Hall–Kier alpha value is -2.04. The van der Waals surface area contributed by atoms with Crippen molar-refractivity contribution in [3.63, 3.8) is 0 Å². The van der Waals surface area contributed by atoms with Crippen molar-refractivity contribution in [1.29, 1.82) is 0 Å². The van der Waals surface area contributed by atoms with E-state index in [0.717, 1.165) is 42.3 Å². The average molecular weight is 314 g/mol. The molecule has 0 saturated heterocycles. The number of hydrogen-bond donors (Lipinski definition) is 1. The van der Waals surface area contributed by atoms with Gasteiger partial charge in [0.2, 0.25) is 0 Å². The maximum Gasteiger partial charge on any atom is 0.166 e. The van der Waals surface area contributed by atoms with Crippen molar-refractivity contribution >= 4 is 0 Å². The highest BCUT2D eigenvalue weighted by Gasteiger charge is 2.10. The third-order valence-electron chi connectivity index (χ3n) is 3.56. The minimum atomic E-state index is 0.534. The summed E-state index contributed by atoms with van der Waals surface area (Å²) in [5.41, 5.74) is 2.25. The highest BCUT2D eigenvalue weighted by atomic mass is 16.5. The number of nitrogens with one attached hydrogen (secondary N) is 1. The lowest BCUT2D eigenvalue weighted by atomic mass is 10.1. The van der Waals surface area contributed by atoms with Gasteiger partial charge in [0.15, 0.2) is 11.5 Å². The summed E-state index contributed by atoms with van der Waals surface area (Å²) in [6.07, 6.45) is 0. The van der Waals surface area contributed by atoms with E-state index in [4.69, 9.17) is 9.47 Å². The summed E-state index contributed by atoms with van der Waals surface area (Å²) in [7, 11) is 5.82. The smallest absolute Gasteiger partial charge is 0.166 e. The molecule has 0 radical (unpaired) electrons. The van der Waals surface area contributed by atoms with Gasteiger partial charge in [-0.3, -0.25) is 0 Å². The Bertz CT molecular complexity index is 585. The largest absolute Gasteiger partial charge is 0.493 e. The number of likely N-dealkylation sites (N-methyl/N-ethyl adjacent to an activating group) is 1. The van der Waals surface area contributed by atoms with Crippen LogP contribution in [0.5, 0.6) is 11.5 Å². The molecule has 0 aromatic heterocycles. The topological polar surface area (TPSA) is 33.7 Å². The highest BCUT2D eigenvalue weighted by molar-refractivity contribution is 5.46. The van der Waals surface area contributed by atoms with Crippen LogP contribution in [0.25, 0.3) is 0 Å². The van der Waals surface area contributed by atoms with E-state index in [1.165, 1.54) is 0 Å². The molecule has 124 valence electrons. The second kappa shape index (κ2) is 9.18. The molecule has 0 fully saturated rings. The monoisotopic (exact) mass is 314 g/mol. The summed E-state index contributed by atoms with van der Waals surface area (Å²) in [4.78, 5) is 2.16. The van der Waals surface area contributed by atoms with Crippen LogP contribution in [-0.4, -0.2) is 39.2 Å². The summed E-state index contributed by atoms with van der Waals surface area (Å²) >= 11 is 0. The molecule has 0 saturated carbocycles. The predicted octanol–water partition coefficient (Wildman–Crippen LogP) is 2.93. The van der Waals surface area contributed by atoms with Gasteiger partial charge in [-0.15, -0.1) is 0 Å². The van der Waals surface area contributed by atoms with Crippen LogP contribution in [0.2, 0.25) is 0 Å². The van der Waals surface area contributed by atoms with E-state index in [2.05, 4.69) is 42.5 Å². The fourth-order valence-electron chi connectivity index (χ4n) is 2.28. The number of para-hydroxylation sites is 1. The molecule has 0 aliphatic rings. The highest BCUT2D eigenvalue weighted by Crippen LogP contribution is 2.31. The van der Waals surface area contributed by atoms with E-state index in [9.17, 15) is 0 Å². The minimum Gasteiger partial charge on any atom is -0.493 e. The molecule has 1 N–H and O–H groups in total. The van der Waals surface area contributed by atoms with Gasteiger partial charge in [0, 0.05) is 25.2 Å². The van der Waals surface area contributed by atoms with Gasteiger partial charge in [-0.1, -0.05) is 42.5 Å². The van der Waals surface area contributed by atoms with E-state index in [-0.39, 0.29) is 0 Å². The maximum absolute atomic E-state index is 6.05. The Morgan fingerprint density at radius 2 is 1.78 bits per heavy atom. The first kappa shape index (κ1) is 17.3. The predicted molar refractivity (Wildman–Crippen MR) is 94.0 cm³/mol.